The van der Waals surface area contributed by atoms with Crippen molar-refractivity contribution in [2.24, 2.45) is 11.8 Å². The van der Waals surface area contributed by atoms with Crippen LogP contribution in [0.4, 0.5) is 14.9 Å². The molecule has 0 bridgehead atoms. The first-order chi connectivity index (χ1) is 13.9. The molecule has 0 aromatic heterocycles. The second-order valence-electron chi connectivity index (χ2n) is 6.90. The number of nitrogens with zero attached hydrogens (tertiary/aromatic N) is 1. The smallest absolute Gasteiger partial charge is 0.326 e. The van der Waals surface area contributed by atoms with Crippen molar-refractivity contribution >= 4 is 35.4 Å². The van der Waals surface area contributed by atoms with Crippen LogP contribution in [0.5, 0.6) is 0 Å². The molecule has 154 valence electrons. The van der Waals surface area contributed by atoms with Crippen LogP contribution in [0.1, 0.15) is 25.7 Å². The summed E-state index contributed by atoms with van der Waals surface area (Å²) < 4.78 is 18.2. The molecule has 9 nitrogen and oxygen atoms in total. The molecule has 1 saturated heterocycles. The molecule has 2 N–H and O–H groups in total. The number of para-hydroxylation sites is 1. The van der Waals surface area contributed by atoms with Crippen molar-refractivity contribution in [3.05, 3.63) is 30.1 Å². The van der Waals surface area contributed by atoms with Gasteiger partial charge in [-0.05, 0) is 25.0 Å². The molecular formula is C19H20FN3O6. The number of hydrogen-bond donors (Lipinski definition) is 2. The number of carbonyl (C=O) groups excluding carboxylic acids is 5. The minimum absolute atomic E-state index is 0.123. The van der Waals surface area contributed by atoms with Crippen molar-refractivity contribution in [1.29, 1.82) is 0 Å². The predicted molar refractivity (Wildman–Crippen MR) is 96.7 cm³/mol. The molecule has 0 spiro atoms. The lowest BCUT2D eigenvalue weighted by Gasteiger charge is -2.19. The summed E-state index contributed by atoms with van der Waals surface area (Å²) in [5.41, 5.74) is -0.123. The van der Waals surface area contributed by atoms with E-state index in [2.05, 4.69) is 5.32 Å². The van der Waals surface area contributed by atoms with Crippen molar-refractivity contribution in [1.82, 2.24) is 10.2 Å². The topological polar surface area (TPSA) is 122 Å². The van der Waals surface area contributed by atoms with Gasteiger partial charge in [0.05, 0.1) is 17.5 Å². The average Bonchev–Trinajstić information content (AvgIpc) is 2.93. The number of halogens is 1. The summed E-state index contributed by atoms with van der Waals surface area (Å²) in [5, 5.41) is 4.03. The molecule has 29 heavy (non-hydrogen) atoms. The van der Waals surface area contributed by atoms with Crippen LogP contribution in [-0.2, 0) is 23.9 Å². The zero-order valence-electron chi connectivity index (χ0n) is 15.5. The number of amides is 5. The lowest BCUT2D eigenvalue weighted by atomic mass is 9.81. The average molecular weight is 405 g/mol. The lowest BCUT2D eigenvalue weighted by molar-refractivity contribution is -0.154. The van der Waals surface area contributed by atoms with E-state index in [-0.39, 0.29) is 29.3 Å². The van der Waals surface area contributed by atoms with E-state index in [4.69, 9.17) is 4.74 Å². The summed E-state index contributed by atoms with van der Waals surface area (Å²) in [5.74, 6) is -4.09. The number of esters is 1. The van der Waals surface area contributed by atoms with Gasteiger partial charge in [0.15, 0.2) is 6.61 Å². The number of imide groups is 2. The Bertz CT molecular complexity index is 834. The van der Waals surface area contributed by atoms with Gasteiger partial charge >= 0.3 is 12.0 Å². The molecule has 0 unspecified atom stereocenters. The number of fused-ring (bicyclic) bond motifs is 1. The molecule has 1 aromatic carbocycles. The first-order valence-electron chi connectivity index (χ1n) is 9.23. The fraction of sp³-hybridized carbons (Fsp3) is 0.421. The summed E-state index contributed by atoms with van der Waals surface area (Å²) in [6.07, 6.45) is 2.99. The first-order valence-corrected chi connectivity index (χ1v) is 9.23. The van der Waals surface area contributed by atoms with Gasteiger partial charge in [-0.1, -0.05) is 25.0 Å². The number of likely N-dealkylation sites (tertiary alicyclic amines) is 1. The van der Waals surface area contributed by atoms with E-state index in [1.54, 1.807) is 0 Å². The van der Waals surface area contributed by atoms with Crippen LogP contribution in [0, 0.1) is 17.7 Å². The van der Waals surface area contributed by atoms with Crippen molar-refractivity contribution < 1.29 is 33.1 Å². The first kappa shape index (κ1) is 20.4. The Morgan fingerprint density at radius 1 is 1.07 bits per heavy atom. The van der Waals surface area contributed by atoms with Gasteiger partial charge in [0.25, 0.3) is 5.91 Å². The molecule has 2 aliphatic rings. The summed E-state index contributed by atoms with van der Waals surface area (Å²) in [7, 11) is 0. The monoisotopic (exact) mass is 405 g/mol. The normalized spacial score (nSPS) is 20.8. The molecule has 0 radical (unpaired) electrons. The summed E-state index contributed by atoms with van der Waals surface area (Å²) in [4.78, 5) is 60.8. The number of nitrogens with one attached hydrogen (secondary N) is 2. The zero-order chi connectivity index (χ0) is 21.0. The minimum atomic E-state index is -0.995. The Kier molecular flexibility index (Phi) is 6.20. The minimum Gasteiger partial charge on any atom is -0.454 e. The standard InChI is InChI=1S/C19H20FN3O6/c20-13-7-3-4-8-14(13)21-19(28)22-15(24)10-29-16(25)9-23-17(26)11-5-1-2-6-12(11)18(23)27/h3-4,7-8,11-12H,1-2,5-6,9-10H2,(H2,21,22,24,28)/t11-,12+. The van der Waals surface area contributed by atoms with Gasteiger partial charge in [0, 0.05) is 0 Å². The van der Waals surface area contributed by atoms with Gasteiger partial charge < -0.3 is 10.1 Å². The second-order valence-corrected chi connectivity index (χ2v) is 6.90. The van der Waals surface area contributed by atoms with Gasteiger partial charge in [-0.3, -0.25) is 29.4 Å². The van der Waals surface area contributed by atoms with Crippen LogP contribution in [0.2, 0.25) is 0 Å². The predicted octanol–water partition coefficient (Wildman–Crippen LogP) is 1.19. The highest BCUT2D eigenvalue weighted by Crippen LogP contribution is 2.37. The van der Waals surface area contributed by atoms with Crippen LogP contribution in [0.25, 0.3) is 0 Å². The maximum Gasteiger partial charge on any atom is 0.326 e. The van der Waals surface area contributed by atoms with Crippen molar-refractivity contribution in [3.8, 4) is 0 Å². The van der Waals surface area contributed by atoms with Crippen molar-refractivity contribution in [3.63, 3.8) is 0 Å². The highest BCUT2D eigenvalue weighted by Gasteiger charge is 2.48. The summed E-state index contributed by atoms with van der Waals surface area (Å²) in [6.45, 7) is -1.36. The second kappa shape index (κ2) is 8.80. The summed E-state index contributed by atoms with van der Waals surface area (Å²) in [6, 6.07) is 4.38. The fourth-order valence-corrected chi connectivity index (χ4v) is 3.59. The van der Waals surface area contributed by atoms with Crippen LogP contribution in [0.15, 0.2) is 24.3 Å². The van der Waals surface area contributed by atoms with Gasteiger partial charge in [-0.15, -0.1) is 0 Å². The number of carbonyl (C=O) groups is 5. The number of rotatable bonds is 5. The Morgan fingerprint density at radius 2 is 1.69 bits per heavy atom. The van der Waals surface area contributed by atoms with E-state index < -0.39 is 36.9 Å². The highest BCUT2D eigenvalue weighted by atomic mass is 19.1. The maximum atomic E-state index is 13.5. The van der Waals surface area contributed by atoms with E-state index in [1.165, 1.54) is 18.2 Å². The molecule has 2 atom stereocenters. The Balaban J connectivity index is 1.44. The Labute approximate surface area is 165 Å². The largest absolute Gasteiger partial charge is 0.454 e. The summed E-state index contributed by atoms with van der Waals surface area (Å²) >= 11 is 0. The molecule has 1 aliphatic heterocycles. The molecule has 2 fully saturated rings. The SMILES string of the molecule is O=C(COC(=O)CN1C(=O)[C@H]2CCCC[C@H]2C1=O)NC(=O)Nc1ccccc1F. The van der Waals surface area contributed by atoms with Crippen LogP contribution >= 0.6 is 0 Å². The van der Waals surface area contributed by atoms with Gasteiger partial charge in [-0.2, -0.15) is 0 Å². The molecule has 1 aliphatic carbocycles. The number of anilines is 1. The fourth-order valence-electron chi connectivity index (χ4n) is 3.59. The number of urea groups is 1. The van der Waals surface area contributed by atoms with Crippen LogP contribution < -0.4 is 10.6 Å². The third-order valence-electron chi connectivity index (χ3n) is 4.96. The lowest BCUT2D eigenvalue weighted by Crippen LogP contribution is -2.40. The quantitative estimate of drug-likeness (QED) is 0.561. The van der Waals surface area contributed by atoms with Crippen LogP contribution in [0.3, 0.4) is 0 Å². The van der Waals surface area contributed by atoms with E-state index in [0.29, 0.717) is 12.8 Å². The molecule has 10 heteroatoms. The van der Waals surface area contributed by atoms with E-state index in [9.17, 15) is 28.4 Å². The third-order valence-corrected chi connectivity index (χ3v) is 4.96. The van der Waals surface area contributed by atoms with E-state index in [0.717, 1.165) is 23.8 Å². The van der Waals surface area contributed by atoms with Crippen molar-refractivity contribution in [2.75, 3.05) is 18.5 Å². The number of hydrogen-bond acceptors (Lipinski definition) is 6. The Hall–Kier alpha value is -3.30. The number of ether oxygens (including phenoxy) is 1. The molecular weight excluding hydrogens is 385 g/mol. The highest BCUT2D eigenvalue weighted by molar-refractivity contribution is 6.07. The molecule has 1 aromatic rings. The zero-order valence-corrected chi connectivity index (χ0v) is 15.5. The van der Waals surface area contributed by atoms with Crippen LogP contribution in [-0.4, -0.2) is 47.8 Å². The van der Waals surface area contributed by atoms with Gasteiger partial charge in [0.2, 0.25) is 11.8 Å². The molecule has 5 amide bonds. The van der Waals surface area contributed by atoms with E-state index in [1.807, 2.05) is 5.32 Å². The molecule has 3 rings (SSSR count). The van der Waals surface area contributed by atoms with Gasteiger partial charge in [0.1, 0.15) is 12.4 Å². The van der Waals surface area contributed by atoms with Gasteiger partial charge in [-0.25, -0.2) is 9.18 Å². The Morgan fingerprint density at radius 3 is 2.31 bits per heavy atom. The third kappa shape index (κ3) is 4.76. The van der Waals surface area contributed by atoms with Crippen molar-refractivity contribution in [2.45, 2.75) is 25.7 Å². The number of benzene rings is 1. The maximum absolute atomic E-state index is 13.5. The van der Waals surface area contributed by atoms with E-state index >= 15 is 0 Å². The molecule has 1 heterocycles. The molecule has 1 saturated carbocycles.